The third kappa shape index (κ3) is 1.50. The highest BCUT2D eigenvalue weighted by atomic mass is 16.5. The fraction of sp³-hybridized carbons (Fsp3) is 0.222. The summed E-state index contributed by atoms with van der Waals surface area (Å²) in [6, 6.07) is 7.93. The van der Waals surface area contributed by atoms with Gasteiger partial charge in [-0.25, -0.2) is 0 Å². The topological polar surface area (TPSA) is 9.23 Å². The minimum atomic E-state index is 0.817. The van der Waals surface area contributed by atoms with Crippen LogP contribution < -0.4 is 4.74 Å². The Labute approximate surface area is 61.6 Å². The quantitative estimate of drug-likeness (QED) is 0.603. The van der Waals surface area contributed by atoms with E-state index in [1.54, 1.807) is 7.11 Å². The van der Waals surface area contributed by atoms with Gasteiger partial charge in [0, 0.05) is 0 Å². The van der Waals surface area contributed by atoms with Crippen molar-refractivity contribution in [1.29, 1.82) is 0 Å². The van der Waals surface area contributed by atoms with E-state index >= 15 is 0 Å². The van der Waals surface area contributed by atoms with Gasteiger partial charge in [0.1, 0.15) is 5.75 Å². The first-order chi connectivity index (χ1) is 4.86. The van der Waals surface area contributed by atoms with Gasteiger partial charge in [-0.15, -0.1) is 0 Å². The van der Waals surface area contributed by atoms with Crippen LogP contribution in [0.5, 0.6) is 5.75 Å². The predicted molar refractivity (Wildman–Crippen MR) is 42.1 cm³/mol. The maximum atomic E-state index is 5.03. The lowest BCUT2D eigenvalue weighted by Gasteiger charge is -2.00. The molecular weight excluding hydrogens is 124 g/mol. The highest BCUT2D eigenvalue weighted by Crippen LogP contribution is 2.11. The van der Waals surface area contributed by atoms with Gasteiger partial charge >= 0.3 is 0 Å². The predicted octanol–water partition coefficient (Wildman–Crippen LogP) is 2.07. The molecule has 0 saturated carbocycles. The van der Waals surface area contributed by atoms with Crippen molar-refractivity contribution in [2.24, 2.45) is 0 Å². The molecule has 1 aromatic carbocycles. The molecule has 1 radical (unpaired) electrons. The molecule has 53 valence electrons. The maximum absolute atomic E-state index is 5.03. The van der Waals surface area contributed by atoms with E-state index < -0.39 is 0 Å². The Balaban J connectivity index is 2.87. The Morgan fingerprint density at radius 1 is 1.50 bits per heavy atom. The van der Waals surface area contributed by atoms with Crippen LogP contribution in [0.3, 0.4) is 0 Å². The number of methoxy groups -OCH3 is 1. The first-order valence-electron chi connectivity index (χ1n) is 3.29. The summed E-state index contributed by atoms with van der Waals surface area (Å²) in [6.07, 6.45) is 0.817. The minimum Gasteiger partial charge on any atom is -0.497 e. The van der Waals surface area contributed by atoms with E-state index in [4.69, 9.17) is 4.74 Å². The zero-order valence-electron chi connectivity index (χ0n) is 6.13. The smallest absolute Gasteiger partial charge is 0.119 e. The Hall–Kier alpha value is -0.980. The molecule has 0 amide bonds. The Morgan fingerprint density at radius 3 is 2.90 bits per heavy atom. The van der Waals surface area contributed by atoms with E-state index in [1.165, 1.54) is 5.56 Å². The van der Waals surface area contributed by atoms with Gasteiger partial charge in [-0.1, -0.05) is 12.1 Å². The molecule has 0 saturated heterocycles. The average Bonchev–Trinajstić information content (AvgIpc) is 2.05. The van der Waals surface area contributed by atoms with Crippen LogP contribution in [0.1, 0.15) is 5.56 Å². The number of hydrogen-bond acceptors (Lipinski definition) is 1. The van der Waals surface area contributed by atoms with Crippen molar-refractivity contribution in [3.05, 3.63) is 36.8 Å². The second kappa shape index (κ2) is 3.25. The Morgan fingerprint density at radius 2 is 2.30 bits per heavy atom. The van der Waals surface area contributed by atoms with Crippen molar-refractivity contribution >= 4 is 0 Å². The summed E-state index contributed by atoms with van der Waals surface area (Å²) in [7, 11) is 1.67. The fourth-order valence-corrected chi connectivity index (χ4v) is 0.828. The number of ether oxygens (including phenoxy) is 1. The van der Waals surface area contributed by atoms with Crippen LogP contribution in [0, 0.1) is 6.92 Å². The lowest BCUT2D eigenvalue weighted by atomic mass is 10.2. The summed E-state index contributed by atoms with van der Waals surface area (Å²) in [5.41, 5.74) is 1.21. The van der Waals surface area contributed by atoms with Crippen molar-refractivity contribution in [3.8, 4) is 5.75 Å². The van der Waals surface area contributed by atoms with Crippen molar-refractivity contribution in [2.75, 3.05) is 7.11 Å². The van der Waals surface area contributed by atoms with Gasteiger partial charge < -0.3 is 4.74 Å². The van der Waals surface area contributed by atoms with E-state index in [-0.39, 0.29) is 0 Å². The molecule has 1 nitrogen and oxygen atoms in total. The van der Waals surface area contributed by atoms with Crippen molar-refractivity contribution in [1.82, 2.24) is 0 Å². The zero-order chi connectivity index (χ0) is 7.40. The molecule has 0 aliphatic rings. The molecule has 0 aromatic heterocycles. The number of rotatable bonds is 2. The first kappa shape index (κ1) is 7.13. The highest BCUT2D eigenvalue weighted by molar-refractivity contribution is 5.28. The van der Waals surface area contributed by atoms with Crippen LogP contribution in [0.2, 0.25) is 0 Å². The van der Waals surface area contributed by atoms with Crippen LogP contribution in [-0.4, -0.2) is 7.11 Å². The average molecular weight is 135 g/mol. The van der Waals surface area contributed by atoms with Crippen LogP contribution in [0.15, 0.2) is 24.3 Å². The molecule has 1 heteroatoms. The van der Waals surface area contributed by atoms with Crippen LogP contribution >= 0.6 is 0 Å². The molecule has 0 fully saturated rings. The van der Waals surface area contributed by atoms with E-state index in [1.807, 2.05) is 24.3 Å². The molecule has 0 bridgehead atoms. The third-order valence-electron chi connectivity index (χ3n) is 1.42. The third-order valence-corrected chi connectivity index (χ3v) is 1.42. The van der Waals surface area contributed by atoms with Gasteiger partial charge in [0.15, 0.2) is 0 Å². The normalized spacial score (nSPS) is 9.40. The fourth-order valence-electron chi connectivity index (χ4n) is 0.828. The van der Waals surface area contributed by atoms with Crippen molar-refractivity contribution < 1.29 is 4.74 Å². The van der Waals surface area contributed by atoms with E-state index in [2.05, 4.69) is 6.92 Å². The molecular formula is C9H11O. The molecule has 0 spiro atoms. The first-order valence-corrected chi connectivity index (χ1v) is 3.29. The molecule has 0 N–H and O–H groups in total. The van der Waals surface area contributed by atoms with Gasteiger partial charge in [-0.3, -0.25) is 0 Å². The molecule has 0 unspecified atom stereocenters. The highest BCUT2D eigenvalue weighted by Gasteiger charge is 1.90. The van der Waals surface area contributed by atoms with Gasteiger partial charge in [-0.05, 0) is 31.0 Å². The second-order valence-electron chi connectivity index (χ2n) is 2.10. The van der Waals surface area contributed by atoms with E-state index in [9.17, 15) is 0 Å². The molecule has 0 heterocycles. The van der Waals surface area contributed by atoms with E-state index in [0.717, 1.165) is 12.2 Å². The van der Waals surface area contributed by atoms with Crippen LogP contribution in [0.4, 0.5) is 0 Å². The molecule has 0 atom stereocenters. The van der Waals surface area contributed by atoms with Gasteiger partial charge in [0.2, 0.25) is 0 Å². The minimum absolute atomic E-state index is 0.817. The summed E-state index contributed by atoms with van der Waals surface area (Å²) in [5.74, 6) is 0.904. The van der Waals surface area contributed by atoms with Crippen molar-refractivity contribution in [3.63, 3.8) is 0 Å². The van der Waals surface area contributed by atoms with Crippen LogP contribution in [-0.2, 0) is 6.42 Å². The lowest BCUT2D eigenvalue weighted by molar-refractivity contribution is 0.414. The number of benzene rings is 1. The van der Waals surface area contributed by atoms with Crippen molar-refractivity contribution in [2.45, 2.75) is 6.42 Å². The van der Waals surface area contributed by atoms with Gasteiger partial charge in [0.05, 0.1) is 7.11 Å². The Bertz CT molecular complexity index is 186. The van der Waals surface area contributed by atoms with E-state index in [0.29, 0.717) is 0 Å². The Kier molecular flexibility index (Phi) is 2.32. The molecule has 1 aromatic rings. The lowest BCUT2D eigenvalue weighted by Crippen LogP contribution is -1.84. The maximum Gasteiger partial charge on any atom is 0.119 e. The summed E-state index contributed by atoms with van der Waals surface area (Å²) < 4.78 is 5.03. The molecule has 1 rings (SSSR count). The summed E-state index contributed by atoms with van der Waals surface area (Å²) in [5, 5.41) is 0. The molecule has 0 aliphatic heterocycles. The van der Waals surface area contributed by atoms with Gasteiger partial charge in [-0.2, -0.15) is 0 Å². The molecule has 0 aliphatic carbocycles. The summed E-state index contributed by atoms with van der Waals surface area (Å²) >= 11 is 0. The monoisotopic (exact) mass is 135 g/mol. The zero-order valence-corrected chi connectivity index (χ0v) is 6.13. The van der Waals surface area contributed by atoms with Crippen LogP contribution in [0.25, 0.3) is 0 Å². The standard InChI is InChI=1S/C9H11O/c1-3-8-5-4-6-9(7-8)10-2/h4-7H,1,3H2,2H3. The molecule has 10 heavy (non-hydrogen) atoms. The number of hydrogen-bond donors (Lipinski definition) is 0. The van der Waals surface area contributed by atoms with Gasteiger partial charge in [0.25, 0.3) is 0 Å². The largest absolute Gasteiger partial charge is 0.497 e. The summed E-state index contributed by atoms with van der Waals surface area (Å²) in [6.45, 7) is 3.78. The second-order valence-corrected chi connectivity index (χ2v) is 2.10. The SMILES string of the molecule is [CH2]Cc1cccc(OC)c1. The summed E-state index contributed by atoms with van der Waals surface area (Å²) in [4.78, 5) is 0.